The van der Waals surface area contributed by atoms with Gasteiger partial charge < -0.3 is 15.5 Å². The van der Waals surface area contributed by atoms with Crippen molar-refractivity contribution < 1.29 is 15.0 Å². The molecule has 63 heavy (non-hydrogen) atoms. The maximum Gasteiger partial charge on any atom is 0.220 e. The highest BCUT2D eigenvalue weighted by Gasteiger charge is 2.17. The molecule has 0 aromatic carbocycles. The predicted octanol–water partition coefficient (Wildman–Crippen LogP) is 17.3. The van der Waals surface area contributed by atoms with Crippen LogP contribution in [0.4, 0.5) is 0 Å². The summed E-state index contributed by atoms with van der Waals surface area (Å²) in [5.74, 6) is -0.120. The van der Waals surface area contributed by atoms with Crippen molar-refractivity contribution in [3.8, 4) is 0 Å². The maximum atomic E-state index is 12.4. The Kier molecular flexibility index (Phi) is 50.4. The van der Waals surface area contributed by atoms with Crippen molar-refractivity contribution in [1.29, 1.82) is 0 Å². The van der Waals surface area contributed by atoms with E-state index in [-0.39, 0.29) is 12.5 Å². The summed E-state index contributed by atoms with van der Waals surface area (Å²) in [7, 11) is 0. The number of carbonyl (C=O) groups is 1. The van der Waals surface area contributed by atoms with Crippen LogP contribution in [0, 0.1) is 0 Å². The van der Waals surface area contributed by atoms with Gasteiger partial charge in [-0.3, -0.25) is 4.79 Å². The monoisotopic (exact) mass is 870 g/mol. The zero-order chi connectivity index (χ0) is 45.6. The summed E-state index contributed by atoms with van der Waals surface area (Å²) in [5, 5.41) is 23.1. The van der Waals surface area contributed by atoms with Gasteiger partial charge in [-0.15, -0.1) is 0 Å². The van der Waals surface area contributed by atoms with Crippen molar-refractivity contribution in [2.45, 2.75) is 238 Å². The summed E-state index contributed by atoms with van der Waals surface area (Å²) >= 11 is 0. The zero-order valence-corrected chi connectivity index (χ0v) is 41.0. The van der Waals surface area contributed by atoms with Crippen molar-refractivity contribution in [1.82, 2.24) is 5.32 Å². The molecular formula is C59H99NO3. The van der Waals surface area contributed by atoms with Gasteiger partial charge in [-0.25, -0.2) is 0 Å². The van der Waals surface area contributed by atoms with Crippen LogP contribution in [0.2, 0.25) is 0 Å². The van der Waals surface area contributed by atoms with Gasteiger partial charge >= 0.3 is 0 Å². The topological polar surface area (TPSA) is 69.6 Å². The number of rotatable bonds is 46. The number of aliphatic hydroxyl groups is 2. The quantitative estimate of drug-likeness (QED) is 0.0422. The largest absolute Gasteiger partial charge is 0.394 e. The lowest BCUT2D eigenvalue weighted by atomic mass is 10.0. The van der Waals surface area contributed by atoms with Gasteiger partial charge in [-0.1, -0.05) is 245 Å². The van der Waals surface area contributed by atoms with Gasteiger partial charge in [0.15, 0.2) is 0 Å². The number of unbranched alkanes of at least 4 members (excludes halogenated alkanes) is 21. The van der Waals surface area contributed by atoms with Gasteiger partial charge in [0, 0.05) is 6.42 Å². The van der Waals surface area contributed by atoms with E-state index in [1.807, 2.05) is 6.08 Å². The van der Waals surface area contributed by atoms with Gasteiger partial charge in [-0.2, -0.15) is 0 Å². The third-order valence-electron chi connectivity index (χ3n) is 11.2. The molecule has 0 aliphatic heterocycles. The number of aliphatic hydroxyl groups excluding tert-OH is 2. The minimum atomic E-state index is -0.891. The van der Waals surface area contributed by atoms with E-state index < -0.39 is 12.1 Å². The molecular weight excluding hydrogens is 771 g/mol. The van der Waals surface area contributed by atoms with Crippen molar-refractivity contribution in [3.05, 3.63) is 122 Å². The minimum absolute atomic E-state index is 0.120. The number of nitrogens with one attached hydrogen (secondary N) is 1. The van der Waals surface area contributed by atoms with E-state index >= 15 is 0 Å². The van der Waals surface area contributed by atoms with Gasteiger partial charge in [0.2, 0.25) is 5.91 Å². The molecule has 4 heteroatoms. The van der Waals surface area contributed by atoms with Crippen LogP contribution < -0.4 is 5.32 Å². The Morgan fingerprint density at radius 2 is 0.714 bits per heavy atom. The van der Waals surface area contributed by atoms with E-state index in [1.165, 1.54) is 116 Å². The molecule has 3 N–H and O–H groups in total. The lowest BCUT2D eigenvalue weighted by molar-refractivity contribution is -0.123. The van der Waals surface area contributed by atoms with Crippen LogP contribution in [0.25, 0.3) is 0 Å². The van der Waals surface area contributed by atoms with E-state index in [9.17, 15) is 15.0 Å². The number of hydrogen-bond acceptors (Lipinski definition) is 3. The van der Waals surface area contributed by atoms with E-state index in [0.29, 0.717) is 6.42 Å². The van der Waals surface area contributed by atoms with Crippen LogP contribution in [0.1, 0.15) is 226 Å². The highest BCUT2D eigenvalue weighted by molar-refractivity contribution is 5.76. The second kappa shape index (κ2) is 53.1. The first-order chi connectivity index (χ1) is 31.2. The Bertz CT molecular complexity index is 1260. The Hall–Kier alpha value is -3.21. The smallest absolute Gasteiger partial charge is 0.220 e. The molecule has 0 spiro atoms. The summed E-state index contributed by atoms with van der Waals surface area (Å²) in [6.07, 6.45) is 82.0. The van der Waals surface area contributed by atoms with E-state index in [4.69, 9.17) is 0 Å². The van der Waals surface area contributed by atoms with Crippen molar-refractivity contribution in [2.75, 3.05) is 6.61 Å². The molecule has 4 nitrogen and oxygen atoms in total. The average molecular weight is 870 g/mol. The van der Waals surface area contributed by atoms with Crippen LogP contribution in [0.5, 0.6) is 0 Å². The second-order valence-electron chi connectivity index (χ2n) is 17.2. The van der Waals surface area contributed by atoms with Gasteiger partial charge in [-0.05, 0) is 96.3 Å². The molecule has 1 amide bonds. The van der Waals surface area contributed by atoms with Crippen molar-refractivity contribution in [3.63, 3.8) is 0 Å². The lowest BCUT2D eigenvalue weighted by Gasteiger charge is -2.19. The maximum absolute atomic E-state index is 12.4. The molecule has 0 saturated heterocycles. The standard InChI is InChI=1S/C59H99NO3/c1-3-5-7-9-11-13-15-17-19-21-23-25-27-29-30-31-33-35-37-39-41-43-45-47-49-51-53-55-59(63)60-57(56-61)58(62)54-52-50-48-46-44-42-40-38-36-34-32-28-26-24-22-20-18-16-14-12-10-8-6-4-2/h5,7,11,13,17,19,23,25,29-30,33,35,39,41,44-47,52,54,57-58,61-62H,3-4,6,8-10,12,14-16,18,20-22,24,26-28,31-32,34,36-38,40,42-43,48-51,53,55-56H2,1-2H3,(H,60,63)/b7-5-,13-11-,19-17-,25-23-,30-29-,35-33-,41-39-,46-44+,47-45-,54-52+. The molecule has 2 unspecified atom stereocenters. The van der Waals surface area contributed by atoms with Crippen LogP contribution in [-0.2, 0) is 4.79 Å². The fourth-order valence-corrected chi connectivity index (χ4v) is 7.21. The SMILES string of the molecule is CC/C=C\C/C=C\C/C=C\C/C=C\C/C=C\C/C=C\C/C=C\C/C=C\CCCCC(=O)NC(CO)C(O)/C=C/CC/C=C/CCCCCCCCCCCCCCCCCCCC. The minimum Gasteiger partial charge on any atom is -0.394 e. The summed E-state index contributed by atoms with van der Waals surface area (Å²) in [6.45, 7) is 4.17. The van der Waals surface area contributed by atoms with Gasteiger partial charge in [0.25, 0.3) is 0 Å². The van der Waals surface area contributed by atoms with E-state index in [1.54, 1.807) is 6.08 Å². The molecule has 0 aliphatic carbocycles. The number of allylic oxidation sites excluding steroid dienone is 19. The van der Waals surface area contributed by atoms with Gasteiger partial charge in [0.1, 0.15) is 0 Å². The van der Waals surface area contributed by atoms with E-state index in [0.717, 1.165) is 89.9 Å². The zero-order valence-electron chi connectivity index (χ0n) is 41.0. The molecule has 0 aromatic rings. The number of hydrogen-bond donors (Lipinski definition) is 3. The molecule has 0 fully saturated rings. The first-order valence-electron chi connectivity index (χ1n) is 26.2. The lowest BCUT2D eigenvalue weighted by Crippen LogP contribution is -2.45. The molecule has 0 radical (unpaired) electrons. The van der Waals surface area contributed by atoms with Crippen LogP contribution in [-0.4, -0.2) is 34.9 Å². The van der Waals surface area contributed by atoms with Crippen LogP contribution in [0.15, 0.2) is 122 Å². The fraction of sp³-hybridized carbons (Fsp3) is 0.644. The van der Waals surface area contributed by atoms with Gasteiger partial charge in [0.05, 0.1) is 18.8 Å². The molecule has 0 saturated carbocycles. The van der Waals surface area contributed by atoms with E-state index in [2.05, 4.69) is 129 Å². The summed E-state index contributed by atoms with van der Waals surface area (Å²) in [4.78, 5) is 12.4. The molecule has 2 atom stereocenters. The highest BCUT2D eigenvalue weighted by Crippen LogP contribution is 2.15. The normalized spacial score (nSPS) is 13.9. The average Bonchev–Trinajstić information content (AvgIpc) is 3.29. The predicted molar refractivity (Wildman–Crippen MR) is 280 cm³/mol. The summed E-state index contributed by atoms with van der Waals surface area (Å²) in [5.41, 5.74) is 0. The molecule has 0 bridgehead atoms. The fourth-order valence-electron chi connectivity index (χ4n) is 7.21. The molecule has 0 aromatic heterocycles. The first kappa shape index (κ1) is 59.8. The number of amides is 1. The van der Waals surface area contributed by atoms with Crippen LogP contribution >= 0.6 is 0 Å². The summed E-state index contributed by atoms with van der Waals surface area (Å²) in [6, 6.07) is -0.673. The molecule has 0 rings (SSSR count). The van der Waals surface area contributed by atoms with Crippen molar-refractivity contribution >= 4 is 5.91 Å². The Labute approximate surface area is 390 Å². The third-order valence-corrected chi connectivity index (χ3v) is 11.2. The Morgan fingerprint density at radius 1 is 0.397 bits per heavy atom. The summed E-state index contributed by atoms with van der Waals surface area (Å²) < 4.78 is 0. The molecule has 358 valence electrons. The first-order valence-corrected chi connectivity index (χ1v) is 26.2. The van der Waals surface area contributed by atoms with Crippen molar-refractivity contribution in [2.24, 2.45) is 0 Å². The number of carbonyl (C=O) groups excluding carboxylic acids is 1. The second-order valence-corrected chi connectivity index (χ2v) is 17.2. The molecule has 0 aliphatic rings. The Morgan fingerprint density at radius 3 is 1.11 bits per heavy atom. The Balaban J connectivity index is 3.72. The molecule has 0 heterocycles. The highest BCUT2D eigenvalue weighted by atomic mass is 16.3. The third kappa shape index (κ3) is 49.7. The van der Waals surface area contributed by atoms with Crippen LogP contribution in [0.3, 0.4) is 0 Å².